The molecule has 0 atom stereocenters. The fraction of sp³-hybridized carbons (Fsp3) is 0.138. The van der Waals surface area contributed by atoms with Gasteiger partial charge in [-0.05, 0) is 60.9 Å². The number of amides is 1. The first-order valence-corrected chi connectivity index (χ1v) is 11.7. The van der Waals surface area contributed by atoms with Crippen molar-refractivity contribution >= 4 is 22.9 Å². The van der Waals surface area contributed by atoms with Crippen molar-refractivity contribution < 1.29 is 9.59 Å². The molecule has 1 N–H and O–H groups in total. The quantitative estimate of drug-likeness (QED) is 0.255. The first-order chi connectivity index (χ1) is 17.0. The maximum absolute atomic E-state index is 13.4. The lowest BCUT2D eigenvalue weighted by molar-refractivity contribution is -0.112. The van der Waals surface area contributed by atoms with E-state index in [1.165, 1.54) is 0 Å². The second-order valence-electron chi connectivity index (χ2n) is 8.50. The standard InChI is InChI=1S/C29H26N4O2/c1-3-32-17-15-30-26(32)18-21-11-13-22(14-12-21)31-29(35)28(34)27-25(24-10-5-4-8-20(24)2)19-23-9-6-7-16-33(23)27/h4-17,19H,3,18H2,1-2H3,(H,31,35). The van der Waals surface area contributed by atoms with Crippen molar-refractivity contribution in [3.05, 3.63) is 114 Å². The van der Waals surface area contributed by atoms with E-state index in [0.29, 0.717) is 17.8 Å². The number of imidazole rings is 1. The number of nitrogens with one attached hydrogen (secondary N) is 1. The van der Waals surface area contributed by atoms with Gasteiger partial charge in [0.15, 0.2) is 0 Å². The summed E-state index contributed by atoms with van der Waals surface area (Å²) < 4.78 is 3.88. The Hall–Kier alpha value is -4.45. The van der Waals surface area contributed by atoms with Gasteiger partial charge in [-0.2, -0.15) is 0 Å². The Balaban J connectivity index is 1.40. The highest BCUT2D eigenvalue weighted by atomic mass is 16.2. The van der Waals surface area contributed by atoms with Crippen LogP contribution in [0.3, 0.4) is 0 Å². The summed E-state index contributed by atoms with van der Waals surface area (Å²) in [6, 6.07) is 23.1. The van der Waals surface area contributed by atoms with Crippen LogP contribution < -0.4 is 5.32 Å². The lowest BCUT2D eigenvalue weighted by Crippen LogP contribution is -2.24. The second kappa shape index (κ2) is 9.43. The number of hydrogen-bond acceptors (Lipinski definition) is 3. The molecule has 2 aromatic carbocycles. The Morgan fingerprint density at radius 1 is 0.914 bits per heavy atom. The van der Waals surface area contributed by atoms with Crippen LogP contribution in [0.5, 0.6) is 0 Å². The van der Waals surface area contributed by atoms with E-state index in [1.54, 1.807) is 10.6 Å². The van der Waals surface area contributed by atoms with E-state index in [9.17, 15) is 9.59 Å². The van der Waals surface area contributed by atoms with E-state index in [0.717, 1.165) is 40.1 Å². The van der Waals surface area contributed by atoms with E-state index < -0.39 is 11.7 Å². The zero-order chi connectivity index (χ0) is 24.4. The zero-order valence-corrected chi connectivity index (χ0v) is 19.7. The summed E-state index contributed by atoms with van der Waals surface area (Å²) in [7, 11) is 0. The van der Waals surface area contributed by atoms with Crippen molar-refractivity contribution in [3.8, 4) is 11.1 Å². The summed E-state index contributed by atoms with van der Waals surface area (Å²) >= 11 is 0. The van der Waals surface area contributed by atoms with Gasteiger partial charge in [-0.3, -0.25) is 9.59 Å². The smallest absolute Gasteiger partial charge is 0.298 e. The van der Waals surface area contributed by atoms with Crippen molar-refractivity contribution in [1.29, 1.82) is 0 Å². The molecule has 6 nitrogen and oxygen atoms in total. The number of Topliss-reactive ketones (excluding diaryl/α,β-unsaturated/α-hetero) is 1. The maximum Gasteiger partial charge on any atom is 0.298 e. The summed E-state index contributed by atoms with van der Waals surface area (Å²) in [6.07, 6.45) is 6.28. The van der Waals surface area contributed by atoms with Crippen molar-refractivity contribution in [2.45, 2.75) is 26.8 Å². The number of aryl methyl sites for hydroxylation is 2. The predicted octanol–water partition coefficient (Wildman–Crippen LogP) is 5.54. The molecular weight excluding hydrogens is 436 g/mol. The molecule has 0 bridgehead atoms. The predicted molar refractivity (Wildman–Crippen MR) is 138 cm³/mol. The number of anilines is 1. The molecule has 0 aliphatic carbocycles. The molecule has 0 aliphatic rings. The lowest BCUT2D eigenvalue weighted by atomic mass is 9.99. The van der Waals surface area contributed by atoms with Crippen LogP contribution >= 0.6 is 0 Å². The Bertz CT molecular complexity index is 1530. The topological polar surface area (TPSA) is 68.4 Å². The first kappa shape index (κ1) is 22.3. The molecule has 0 unspecified atom stereocenters. The largest absolute Gasteiger partial charge is 0.335 e. The summed E-state index contributed by atoms with van der Waals surface area (Å²) in [4.78, 5) is 30.9. The number of fused-ring (bicyclic) bond motifs is 1. The monoisotopic (exact) mass is 462 g/mol. The lowest BCUT2D eigenvalue weighted by Gasteiger charge is -2.10. The molecule has 0 saturated carbocycles. The third-order valence-corrected chi connectivity index (χ3v) is 6.25. The average Bonchev–Trinajstić information content (AvgIpc) is 3.49. The van der Waals surface area contributed by atoms with Crippen LogP contribution in [0, 0.1) is 6.92 Å². The minimum atomic E-state index is -0.669. The third-order valence-electron chi connectivity index (χ3n) is 6.25. The van der Waals surface area contributed by atoms with E-state index in [4.69, 9.17) is 0 Å². The fourth-order valence-electron chi connectivity index (χ4n) is 4.41. The van der Waals surface area contributed by atoms with Crippen LogP contribution in [-0.4, -0.2) is 25.6 Å². The van der Waals surface area contributed by atoms with E-state index in [1.807, 2.05) is 92.1 Å². The highest BCUT2D eigenvalue weighted by molar-refractivity contribution is 6.47. The van der Waals surface area contributed by atoms with Crippen LogP contribution in [0.1, 0.15) is 34.4 Å². The number of benzene rings is 2. The molecule has 1 amide bonds. The van der Waals surface area contributed by atoms with Gasteiger partial charge in [0.2, 0.25) is 0 Å². The summed E-state index contributed by atoms with van der Waals surface area (Å²) in [5.74, 6) is -0.259. The second-order valence-corrected chi connectivity index (χ2v) is 8.50. The van der Waals surface area contributed by atoms with Gasteiger partial charge in [-0.25, -0.2) is 4.98 Å². The van der Waals surface area contributed by atoms with Crippen molar-refractivity contribution in [3.63, 3.8) is 0 Å². The van der Waals surface area contributed by atoms with Gasteiger partial charge < -0.3 is 14.3 Å². The van der Waals surface area contributed by atoms with Gasteiger partial charge in [-0.1, -0.05) is 42.5 Å². The van der Waals surface area contributed by atoms with E-state index in [-0.39, 0.29) is 0 Å². The van der Waals surface area contributed by atoms with E-state index >= 15 is 0 Å². The van der Waals surface area contributed by atoms with Gasteiger partial charge in [0, 0.05) is 48.3 Å². The average molecular weight is 463 g/mol. The highest BCUT2D eigenvalue weighted by Gasteiger charge is 2.25. The van der Waals surface area contributed by atoms with Gasteiger partial charge >= 0.3 is 0 Å². The summed E-state index contributed by atoms with van der Waals surface area (Å²) in [5.41, 5.74) is 5.58. The normalized spacial score (nSPS) is 11.0. The van der Waals surface area contributed by atoms with Crippen LogP contribution in [0.15, 0.2) is 91.4 Å². The number of rotatable bonds is 7. The Labute approximate surface area is 203 Å². The Morgan fingerprint density at radius 2 is 1.69 bits per heavy atom. The molecule has 0 spiro atoms. The van der Waals surface area contributed by atoms with Crippen LogP contribution in [-0.2, 0) is 17.8 Å². The molecule has 3 heterocycles. The van der Waals surface area contributed by atoms with Gasteiger partial charge in [0.25, 0.3) is 11.7 Å². The van der Waals surface area contributed by atoms with Gasteiger partial charge in [-0.15, -0.1) is 0 Å². The molecule has 5 rings (SSSR count). The minimum Gasteiger partial charge on any atom is -0.335 e. The number of pyridine rings is 1. The number of aromatic nitrogens is 3. The molecular formula is C29H26N4O2. The van der Waals surface area contributed by atoms with Crippen molar-refractivity contribution in [2.75, 3.05) is 5.32 Å². The van der Waals surface area contributed by atoms with Crippen LogP contribution in [0.4, 0.5) is 5.69 Å². The number of ketones is 1. The molecule has 6 heteroatoms. The van der Waals surface area contributed by atoms with Crippen LogP contribution in [0.25, 0.3) is 16.6 Å². The zero-order valence-electron chi connectivity index (χ0n) is 19.7. The van der Waals surface area contributed by atoms with Crippen molar-refractivity contribution in [2.24, 2.45) is 0 Å². The molecule has 0 saturated heterocycles. The SMILES string of the molecule is CCn1ccnc1Cc1ccc(NC(=O)C(=O)c2c(-c3ccccc3C)cc3ccccn23)cc1. The van der Waals surface area contributed by atoms with Gasteiger partial charge in [0.05, 0.1) is 0 Å². The van der Waals surface area contributed by atoms with Crippen molar-refractivity contribution in [1.82, 2.24) is 14.0 Å². The third kappa shape index (κ3) is 4.38. The number of hydrogen-bond donors (Lipinski definition) is 1. The molecule has 0 fully saturated rings. The molecule has 35 heavy (non-hydrogen) atoms. The minimum absolute atomic E-state index is 0.357. The Morgan fingerprint density at radius 3 is 2.46 bits per heavy atom. The molecule has 5 aromatic rings. The van der Waals surface area contributed by atoms with E-state index in [2.05, 4.69) is 21.8 Å². The number of carbonyl (C=O) groups excluding carboxylic acids is 2. The van der Waals surface area contributed by atoms with Gasteiger partial charge in [0.1, 0.15) is 11.5 Å². The molecule has 0 radical (unpaired) electrons. The fourth-order valence-corrected chi connectivity index (χ4v) is 4.41. The number of carbonyl (C=O) groups is 2. The van der Waals surface area contributed by atoms with Crippen LogP contribution in [0.2, 0.25) is 0 Å². The molecule has 3 aromatic heterocycles. The highest BCUT2D eigenvalue weighted by Crippen LogP contribution is 2.31. The molecule has 174 valence electrons. The Kier molecular flexibility index (Phi) is 6.02. The summed E-state index contributed by atoms with van der Waals surface area (Å²) in [5, 5.41) is 2.77. The molecule has 0 aliphatic heterocycles. The maximum atomic E-state index is 13.4. The first-order valence-electron chi connectivity index (χ1n) is 11.7. The number of nitrogens with zero attached hydrogens (tertiary/aromatic N) is 3. The summed E-state index contributed by atoms with van der Waals surface area (Å²) in [6.45, 7) is 4.95.